The summed E-state index contributed by atoms with van der Waals surface area (Å²) in [5.41, 5.74) is 4.67. The lowest BCUT2D eigenvalue weighted by molar-refractivity contribution is -0.324. The Morgan fingerprint density at radius 2 is 1.68 bits per heavy atom. The largest absolute Gasteiger partial charge is 0.388 e. The molecule has 4 unspecified atom stereocenters. The fourth-order valence-corrected chi connectivity index (χ4v) is 6.18. The van der Waals surface area contributed by atoms with Crippen molar-refractivity contribution in [1.82, 2.24) is 0 Å². The normalized spacial score (nSPS) is 48.1. The summed E-state index contributed by atoms with van der Waals surface area (Å²) in [6.45, 7) is 10.6. The summed E-state index contributed by atoms with van der Waals surface area (Å²) in [6, 6.07) is 0. The molecule has 3 aliphatic rings. The second-order valence-electron chi connectivity index (χ2n) is 11.2. The van der Waals surface area contributed by atoms with Crippen molar-refractivity contribution >= 4 is 0 Å². The van der Waals surface area contributed by atoms with Gasteiger partial charge < -0.3 is 40.0 Å². The minimum absolute atomic E-state index is 0.0693. The Labute approximate surface area is 205 Å². The second-order valence-corrected chi connectivity index (χ2v) is 11.2. The molecular weight excluding hydrogens is 438 g/mol. The summed E-state index contributed by atoms with van der Waals surface area (Å²) in [5.74, 6) is 0.0760. The first kappa shape index (κ1) is 28.3. The van der Waals surface area contributed by atoms with Crippen LogP contribution in [0.1, 0.15) is 79.6 Å². The number of nitrogens with two attached hydrogens (primary N) is 1. The quantitative estimate of drug-likeness (QED) is 0.391. The van der Waals surface area contributed by atoms with E-state index in [2.05, 4.69) is 20.8 Å². The van der Waals surface area contributed by atoms with Crippen LogP contribution in [-0.4, -0.2) is 77.2 Å². The van der Waals surface area contributed by atoms with Crippen LogP contribution in [0.3, 0.4) is 0 Å². The van der Waals surface area contributed by atoms with Crippen molar-refractivity contribution in [2.45, 2.75) is 128 Å². The van der Waals surface area contributed by atoms with Crippen molar-refractivity contribution in [2.75, 3.05) is 13.2 Å². The van der Waals surface area contributed by atoms with Crippen molar-refractivity contribution in [3.63, 3.8) is 0 Å². The number of hydrogen-bond donors (Lipinski definition) is 4. The lowest BCUT2D eigenvalue weighted by Crippen LogP contribution is -2.60. The molecule has 0 radical (unpaired) electrons. The summed E-state index contributed by atoms with van der Waals surface area (Å²) in [6.07, 6.45) is 2.15. The third-order valence-electron chi connectivity index (χ3n) is 8.39. The Morgan fingerprint density at radius 1 is 0.971 bits per heavy atom. The highest BCUT2D eigenvalue weighted by atomic mass is 16.7. The topological polar surface area (TPSA) is 124 Å². The van der Waals surface area contributed by atoms with Gasteiger partial charge in [-0.2, -0.15) is 0 Å². The molecule has 5 N–H and O–H groups in total. The molecule has 12 atom stereocenters. The van der Waals surface area contributed by atoms with Crippen molar-refractivity contribution in [1.29, 1.82) is 0 Å². The van der Waals surface area contributed by atoms with Gasteiger partial charge in [0.2, 0.25) is 0 Å². The van der Waals surface area contributed by atoms with E-state index in [9.17, 15) is 15.3 Å². The van der Waals surface area contributed by atoms with E-state index in [1.54, 1.807) is 6.92 Å². The Morgan fingerprint density at radius 3 is 2.32 bits per heavy atom. The summed E-state index contributed by atoms with van der Waals surface area (Å²) in [5, 5.41) is 33.1. The van der Waals surface area contributed by atoms with Gasteiger partial charge in [-0.05, 0) is 70.3 Å². The molecule has 0 aromatic carbocycles. The van der Waals surface area contributed by atoms with Crippen LogP contribution >= 0.6 is 0 Å². The summed E-state index contributed by atoms with van der Waals surface area (Å²) < 4.78 is 24.8. The first-order valence-corrected chi connectivity index (χ1v) is 13.5. The first-order valence-electron chi connectivity index (χ1n) is 13.5. The highest BCUT2D eigenvalue weighted by molar-refractivity contribution is 4.96. The zero-order valence-electron chi connectivity index (χ0n) is 21.8. The van der Waals surface area contributed by atoms with E-state index in [1.807, 2.05) is 6.92 Å². The zero-order chi connectivity index (χ0) is 25.0. The average molecular weight is 488 g/mol. The molecule has 0 amide bonds. The third-order valence-corrected chi connectivity index (χ3v) is 8.39. The molecule has 1 saturated carbocycles. The fraction of sp³-hybridized carbons (Fsp3) is 1.00. The van der Waals surface area contributed by atoms with E-state index in [1.165, 1.54) is 0 Å². The molecule has 1 aliphatic carbocycles. The van der Waals surface area contributed by atoms with E-state index >= 15 is 0 Å². The van der Waals surface area contributed by atoms with Gasteiger partial charge in [-0.1, -0.05) is 27.7 Å². The molecule has 200 valence electrons. The Balaban J connectivity index is 1.75. The zero-order valence-corrected chi connectivity index (χ0v) is 21.8. The monoisotopic (exact) mass is 487 g/mol. The van der Waals surface area contributed by atoms with Gasteiger partial charge >= 0.3 is 0 Å². The average Bonchev–Trinajstić information content (AvgIpc) is 2.79. The standard InChI is InChI=1S/C26H49NO7/c1-6-18-11-10-15(3)24(32-18)33-22-16(4)13-17(9-8-12-27)23(21(22)29)34-25-20(28)19(7-2)26(5,30)14-31-25/h15-25,28-30H,6-14,27H2,1-5H3/t15-,16+,17-,18-,19-,20-,21+,22?,23?,24?,25?,26+/m1/s1. The number of rotatable bonds is 9. The maximum atomic E-state index is 11.5. The molecule has 2 heterocycles. The van der Waals surface area contributed by atoms with E-state index in [0.29, 0.717) is 13.0 Å². The predicted octanol–water partition coefficient (Wildman–Crippen LogP) is 2.56. The number of aliphatic hydroxyl groups is 3. The summed E-state index contributed by atoms with van der Waals surface area (Å²) in [7, 11) is 0. The Hall–Kier alpha value is -0.320. The smallest absolute Gasteiger partial charge is 0.184 e. The van der Waals surface area contributed by atoms with Crippen LogP contribution in [0.5, 0.6) is 0 Å². The fourth-order valence-electron chi connectivity index (χ4n) is 6.18. The SMILES string of the molecule is CC[C@@H]1CC[C@@H](C)C(OC2[C@H](O)C(OC3OC[C@](C)(O)[C@H](CC)[C@H]3O)[C@H](CCCN)C[C@@H]2C)O1. The van der Waals surface area contributed by atoms with Crippen molar-refractivity contribution in [2.24, 2.45) is 29.4 Å². The lowest BCUT2D eigenvalue weighted by Gasteiger charge is -2.49. The molecule has 0 spiro atoms. The van der Waals surface area contributed by atoms with Crippen LogP contribution in [0.4, 0.5) is 0 Å². The lowest BCUT2D eigenvalue weighted by atomic mass is 9.74. The van der Waals surface area contributed by atoms with Gasteiger partial charge in [-0.15, -0.1) is 0 Å². The molecule has 34 heavy (non-hydrogen) atoms. The van der Waals surface area contributed by atoms with E-state index in [4.69, 9.17) is 24.7 Å². The Bertz CT molecular complexity index is 620. The van der Waals surface area contributed by atoms with E-state index < -0.39 is 36.3 Å². The van der Waals surface area contributed by atoms with Gasteiger partial charge in [0.05, 0.1) is 30.5 Å². The van der Waals surface area contributed by atoms with Crippen LogP contribution in [-0.2, 0) is 18.9 Å². The molecule has 0 aromatic rings. The van der Waals surface area contributed by atoms with Crippen molar-refractivity contribution in [3.05, 3.63) is 0 Å². The highest BCUT2D eigenvalue weighted by Gasteiger charge is 2.50. The van der Waals surface area contributed by atoms with Crippen LogP contribution in [0.15, 0.2) is 0 Å². The molecule has 0 aromatic heterocycles. The molecule has 0 bridgehead atoms. The molecule has 3 fully saturated rings. The van der Waals surface area contributed by atoms with Crippen LogP contribution in [0.2, 0.25) is 0 Å². The predicted molar refractivity (Wildman–Crippen MR) is 129 cm³/mol. The molecule has 8 nitrogen and oxygen atoms in total. The van der Waals surface area contributed by atoms with Crippen molar-refractivity contribution < 1.29 is 34.3 Å². The minimum Gasteiger partial charge on any atom is -0.388 e. The second kappa shape index (κ2) is 12.3. The third kappa shape index (κ3) is 6.32. The number of aliphatic hydroxyl groups excluding tert-OH is 2. The van der Waals surface area contributed by atoms with E-state index in [-0.39, 0.29) is 42.7 Å². The maximum Gasteiger partial charge on any atom is 0.184 e. The molecule has 8 heteroatoms. The highest BCUT2D eigenvalue weighted by Crippen LogP contribution is 2.41. The van der Waals surface area contributed by atoms with Gasteiger partial charge in [0.25, 0.3) is 0 Å². The molecule has 3 rings (SSSR count). The number of ether oxygens (including phenoxy) is 4. The molecule has 2 aliphatic heterocycles. The van der Waals surface area contributed by atoms with Crippen LogP contribution < -0.4 is 5.73 Å². The van der Waals surface area contributed by atoms with Gasteiger partial charge in [0.1, 0.15) is 12.2 Å². The van der Waals surface area contributed by atoms with Crippen molar-refractivity contribution in [3.8, 4) is 0 Å². The van der Waals surface area contributed by atoms with Gasteiger partial charge in [-0.3, -0.25) is 0 Å². The van der Waals surface area contributed by atoms with E-state index in [0.717, 1.165) is 38.5 Å². The molecule has 2 saturated heterocycles. The van der Waals surface area contributed by atoms with Gasteiger partial charge in [0, 0.05) is 11.8 Å². The Kier molecular flexibility index (Phi) is 10.2. The first-order chi connectivity index (χ1) is 16.1. The number of hydrogen-bond acceptors (Lipinski definition) is 8. The van der Waals surface area contributed by atoms with Crippen LogP contribution in [0.25, 0.3) is 0 Å². The van der Waals surface area contributed by atoms with Crippen LogP contribution in [0, 0.1) is 23.7 Å². The summed E-state index contributed by atoms with van der Waals surface area (Å²) in [4.78, 5) is 0. The van der Waals surface area contributed by atoms with Gasteiger partial charge in [-0.25, -0.2) is 0 Å². The minimum atomic E-state index is -1.12. The summed E-state index contributed by atoms with van der Waals surface area (Å²) >= 11 is 0. The van der Waals surface area contributed by atoms with Gasteiger partial charge in [0.15, 0.2) is 12.6 Å². The molecular formula is C26H49NO7. The maximum absolute atomic E-state index is 11.5.